The summed E-state index contributed by atoms with van der Waals surface area (Å²) in [4.78, 5) is 14.9. The van der Waals surface area contributed by atoms with E-state index in [4.69, 9.17) is 0 Å². The van der Waals surface area contributed by atoms with Crippen LogP contribution in [0.15, 0.2) is 18.3 Å². The molecule has 0 unspecified atom stereocenters. The van der Waals surface area contributed by atoms with Gasteiger partial charge in [0.2, 0.25) is 6.41 Å². The second-order valence-corrected chi connectivity index (χ2v) is 3.46. The van der Waals surface area contributed by atoms with Gasteiger partial charge in [-0.05, 0) is 25.0 Å². The molecular weight excluding hydrogens is 214 g/mol. The van der Waals surface area contributed by atoms with Crippen molar-refractivity contribution in [2.75, 3.05) is 5.32 Å². The van der Waals surface area contributed by atoms with E-state index in [9.17, 15) is 4.79 Å². The Labute approximate surface area is 102 Å². The van der Waals surface area contributed by atoms with E-state index in [1.54, 1.807) is 0 Å². The second-order valence-electron chi connectivity index (χ2n) is 3.46. The zero-order valence-electron chi connectivity index (χ0n) is 10.8. The van der Waals surface area contributed by atoms with Crippen molar-refractivity contribution in [2.45, 2.75) is 34.1 Å². The number of nitrogens with one attached hydrogen (secondary N) is 1. The van der Waals surface area contributed by atoms with E-state index in [1.165, 1.54) is 0 Å². The summed E-state index contributed by atoms with van der Waals surface area (Å²) in [5.41, 5.74) is 2.91. The number of aryl methyl sites for hydroxylation is 2. The number of nitrogens with zero attached hydrogens (tertiary/aromatic N) is 2. The number of carbonyl (C=O) groups is 1. The number of anilines is 1. The lowest BCUT2D eigenvalue weighted by atomic mass is 10.3. The monoisotopic (exact) mass is 233 g/mol. The molecule has 0 saturated carbocycles. The van der Waals surface area contributed by atoms with Crippen LogP contribution < -0.4 is 5.32 Å². The predicted molar refractivity (Wildman–Crippen MR) is 70.3 cm³/mol. The van der Waals surface area contributed by atoms with Crippen LogP contribution in [-0.4, -0.2) is 15.8 Å². The van der Waals surface area contributed by atoms with Crippen LogP contribution in [0.5, 0.6) is 0 Å². The van der Waals surface area contributed by atoms with E-state index in [1.807, 2.05) is 50.4 Å². The van der Waals surface area contributed by atoms with E-state index in [-0.39, 0.29) is 0 Å². The Morgan fingerprint density at radius 1 is 1.41 bits per heavy atom. The average Bonchev–Trinajstić information content (AvgIpc) is 2.70. The SMILES string of the molecule is CC.CCc1nc2ccc(C)cn2c1NC=O. The number of imidazole rings is 1. The standard InChI is InChI=1S/C11H13N3O.C2H6/c1-3-9-11(12-7-15)14-6-8(2)4-5-10(14)13-9;1-2/h4-7H,3H2,1-2H3,(H,12,15);1-2H3. The summed E-state index contributed by atoms with van der Waals surface area (Å²) in [5.74, 6) is 0.770. The fraction of sp³-hybridized carbons (Fsp3) is 0.385. The van der Waals surface area contributed by atoms with E-state index in [2.05, 4.69) is 10.3 Å². The zero-order chi connectivity index (χ0) is 12.8. The van der Waals surface area contributed by atoms with Crippen molar-refractivity contribution in [2.24, 2.45) is 0 Å². The first-order valence-corrected chi connectivity index (χ1v) is 5.94. The summed E-state index contributed by atoms with van der Waals surface area (Å²) in [7, 11) is 0. The van der Waals surface area contributed by atoms with Gasteiger partial charge in [-0.25, -0.2) is 4.98 Å². The Morgan fingerprint density at radius 3 is 2.71 bits per heavy atom. The van der Waals surface area contributed by atoms with Gasteiger partial charge in [0.15, 0.2) is 0 Å². The quantitative estimate of drug-likeness (QED) is 0.829. The van der Waals surface area contributed by atoms with Gasteiger partial charge in [0.1, 0.15) is 11.5 Å². The number of fused-ring (bicyclic) bond motifs is 1. The van der Waals surface area contributed by atoms with Gasteiger partial charge in [-0.3, -0.25) is 9.20 Å². The molecule has 92 valence electrons. The molecule has 0 fully saturated rings. The van der Waals surface area contributed by atoms with Crippen LogP contribution in [0.2, 0.25) is 0 Å². The lowest BCUT2D eigenvalue weighted by Gasteiger charge is -2.01. The number of aromatic nitrogens is 2. The highest BCUT2D eigenvalue weighted by molar-refractivity contribution is 5.73. The molecule has 1 amide bonds. The highest BCUT2D eigenvalue weighted by atomic mass is 16.1. The van der Waals surface area contributed by atoms with Crippen LogP contribution in [0.4, 0.5) is 5.82 Å². The highest BCUT2D eigenvalue weighted by Crippen LogP contribution is 2.18. The maximum Gasteiger partial charge on any atom is 0.212 e. The maximum atomic E-state index is 10.5. The van der Waals surface area contributed by atoms with Crippen LogP contribution in [0.3, 0.4) is 0 Å². The number of amides is 1. The average molecular weight is 233 g/mol. The van der Waals surface area contributed by atoms with Crippen molar-refractivity contribution >= 4 is 17.9 Å². The first-order chi connectivity index (χ1) is 8.26. The molecule has 0 aliphatic carbocycles. The molecule has 2 aromatic rings. The van der Waals surface area contributed by atoms with Crippen molar-refractivity contribution in [3.63, 3.8) is 0 Å². The fourth-order valence-corrected chi connectivity index (χ4v) is 1.65. The Hall–Kier alpha value is -1.84. The van der Waals surface area contributed by atoms with Crippen molar-refractivity contribution in [1.82, 2.24) is 9.38 Å². The molecule has 0 radical (unpaired) electrons. The number of rotatable bonds is 3. The summed E-state index contributed by atoms with van der Waals surface area (Å²) < 4.78 is 1.91. The molecule has 0 aliphatic heterocycles. The molecule has 0 atom stereocenters. The smallest absolute Gasteiger partial charge is 0.212 e. The summed E-state index contributed by atoms with van der Waals surface area (Å²) >= 11 is 0. The normalized spacial score (nSPS) is 9.65. The Balaban J connectivity index is 0.000000686. The van der Waals surface area contributed by atoms with Gasteiger partial charge in [-0.15, -0.1) is 0 Å². The van der Waals surface area contributed by atoms with Gasteiger partial charge in [-0.2, -0.15) is 0 Å². The number of carbonyl (C=O) groups excluding carboxylic acids is 1. The van der Waals surface area contributed by atoms with Gasteiger partial charge < -0.3 is 5.32 Å². The highest BCUT2D eigenvalue weighted by Gasteiger charge is 2.09. The molecule has 0 saturated heterocycles. The third-order valence-electron chi connectivity index (χ3n) is 2.37. The molecule has 2 rings (SSSR count). The van der Waals surface area contributed by atoms with Crippen molar-refractivity contribution in [3.8, 4) is 0 Å². The fourth-order valence-electron chi connectivity index (χ4n) is 1.65. The first kappa shape index (κ1) is 13.2. The second kappa shape index (κ2) is 6.03. The molecule has 0 bridgehead atoms. The van der Waals surface area contributed by atoms with Gasteiger partial charge in [0.05, 0.1) is 5.69 Å². The Bertz CT molecular complexity index is 503. The van der Waals surface area contributed by atoms with E-state index >= 15 is 0 Å². The molecule has 0 aromatic carbocycles. The van der Waals surface area contributed by atoms with Crippen LogP contribution in [0.25, 0.3) is 5.65 Å². The van der Waals surface area contributed by atoms with Gasteiger partial charge in [0.25, 0.3) is 0 Å². The van der Waals surface area contributed by atoms with E-state index in [0.29, 0.717) is 6.41 Å². The number of hydrogen-bond acceptors (Lipinski definition) is 2. The predicted octanol–water partition coefficient (Wildman–Crippen LogP) is 2.80. The zero-order valence-corrected chi connectivity index (χ0v) is 10.8. The molecule has 1 N–H and O–H groups in total. The minimum absolute atomic E-state index is 0.685. The minimum atomic E-state index is 0.685. The van der Waals surface area contributed by atoms with Crippen molar-refractivity contribution in [1.29, 1.82) is 0 Å². The van der Waals surface area contributed by atoms with Gasteiger partial charge >= 0.3 is 0 Å². The summed E-state index contributed by atoms with van der Waals surface area (Å²) in [5, 5.41) is 2.70. The molecule has 4 nitrogen and oxygen atoms in total. The summed E-state index contributed by atoms with van der Waals surface area (Å²) in [6, 6.07) is 3.96. The summed E-state index contributed by atoms with van der Waals surface area (Å²) in [6.45, 7) is 8.03. The largest absolute Gasteiger partial charge is 0.313 e. The lowest BCUT2D eigenvalue weighted by molar-refractivity contribution is -0.105. The molecule has 2 aromatic heterocycles. The number of pyridine rings is 1. The van der Waals surface area contributed by atoms with Crippen LogP contribution >= 0.6 is 0 Å². The van der Waals surface area contributed by atoms with E-state index < -0.39 is 0 Å². The van der Waals surface area contributed by atoms with Gasteiger partial charge in [-0.1, -0.05) is 26.8 Å². The first-order valence-electron chi connectivity index (χ1n) is 5.94. The van der Waals surface area contributed by atoms with Gasteiger partial charge in [0, 0.05) is 6.20 Å². The minimum Gasteiger partial charge on any atom is -0.313 e. The van der Waals surface area contributed by atoms with Crippen LogP contribution in [-0.2, 0) is 11.2 Å². The Morgan fingerprint density at radius 2 is 2.12 bits per heavy atom. The van der Waals surface area contributed by atoms with Crippen LogP contribution in [0.1, 0.15) is 32.0 Å². The Kier molecular flexibility index (Phi) is 4.69. The molecule has 0 aliphatic rings. The maximum absolute atomic E-state index is 10.5. The molecule has 17 heavy (non-hydrogen) atoms. The van der Waals surface area contributed by atoms with Crippen LogP contribution in [0, 0.1) is 6.92 Å². The molecule has 4 heteroatoms. The molecule has 0 spiro atoms. The van der Waals surface area contributed by atoms with E-state index in [0.717, 1.165) is 29.1 Å². The molecular formula is C13H19N3O. The molecule has 2 heterocycles. The lowest BCUT2D eigenvalue weighted by Crippen LogP contribution is -2.00. The third-order valence-corrected chi connectivity index (χ3v) is 2.37. The topological polar surface area (TPSA) is 46.4 Å². The van der Waals surface area contributed by atoms with Crippen molar-refractivity contribution in [3.05, 3.63) is 29.6 Å². The van der Waals surface area contributed by atoms with Crippen molar-refractivity contribution < 1.29 is 4.79 Å². The summed E-state index contributed by atoms with van der Waals surface area (Å²) in [6.07, 6.45) is 3.45. The number of hydrogen-bond donors (Lipinski definition) is 1. The third kappa shape index (κ3) is 2.64.